The monoisotopic (exact) mass is 429 g/mol. The fourth-order valence-electron chi connectivity index (χ4n) is 2.09. The second-order valence-corrected chi connectivity index (χ2v) is 6.65. The van der Waals surface area contributed by atoms with E-state index in [0.717, 1.165) is 0 Å². The van der Waals surface area contributed by atoms with Crippen LogP contribution in [0, 0.1) is 0 Å². The third-order valence-electron chi connectivity index (χ3n) is 3.53. The van der Waals surface area contributed by atoms with E-state index >= 15 is 0 Å². The first-order valence-corrected chi connectivity index (χ1v) is 7.90. The summed E-state index contributed by atoms with van der Waals surface area (Å²) >= 11 is 0. The second-order valence-electron chi connectivity index (χ2n) is 5.24. The number of benzene rings is 1. The predicted molar refractivity (Wildman–Crippen MR) is 71.4 cm³/mol. The minimum atomic E-state index is -7.22. The topological polar surface area (TPSA) is 46.6 Å². The molecular weight excluding hydrogens is 421 g/mol. The van der Waals surface area contributed by atoms with Gasteiger partial charge in [-0.1, -0.05) is 30.3 Å². The van der Waals surface area contributed by atoms with Crippen molar-refractivity contribution in [3.63, 3.8) is 0 Å². The van der Waals surface area contributed by atoms with Gasteiger partial charge in [0.25, 0.3) is 0 Å². The summed E-state index contributed by atoms with van der Waals surface area (Å²) in [6, 6.07) is 4.80. The van der Waals surface area contributed by atoms with E-state index in [-0.39, 0.29) is 5.56 Å². The highest BCUT2D eigenvalue weighted by Crippen LogP contribution is 2.55. The molecule has 27 heavy (non-hydrogen) atoms. The lowest BCUT2D eigenvalue weighted by Crippen LogP contribution is -2.63. The van der Waals surface area contributed by atoms with Crippen LogP contribution in [0.4, 0.5) is 44.3 Å². The lowest BCUT2D eigenvalue weighted by molar-refractivity contribution is -0.382. The van der Waals surface area contributed by atoms with Gasteiger partial charge in [0.05, 0.1) is 0 Å². The quantitative estimate of drug-likeness (QED) is 0.657. The standard InChI is InChI=1S/C13H8F9NO3S/c14-10(15,12(18,19)20)11(16,17)13(21,22)27(25)23-8(6-26-9(23)24)7-4-2-1-3-5-7/h1-5,8H,6H2/t8-,27-/m1/s1. The number of cyclic esters (lactones) is 1. The number of carbonyl (C=O) groups excluding carboxylic acids is 1. The summed E-state index contributed by atoms with van der Waals surface area (Å²) in [5, 5.41) is -6.46. The van der Waals surface area contributed by atoms with Crippen molar-refractivity contribution in [2.45, 2.75) is 29.3 Å². The third kappa shape index (κ3) is 3.23. The first-order valence-electron chi connectivity index (χ1n) is 6.79. The maximum Gasteiger partial charge on any atom is 0.460 e. The van der Waals surface area contributed by atoms with E-state index in [0.29, 0.717) is 0 Å². The summed E-state index contributed by atoms with van der Waals surface area (Å²) < 4.78 is 133. The van der Waals surface area contributed by atoms with Crippen molar-refractivity contribution >= 4 is 17.1 Å². The van der Waals surface area contributed by atoms with E-state index in [9.17, 15) is 48.5 Å². The van der Waals surface area contributed by atoms with E-state index in [4.69, 9.17) is 0 Å². The minimum absolute atomic E-state index is 0.0432. The lowest BCUT2D eigenvalue weighted by atomic mass is 10.1. The van der Waals surface area contributed by atoms with Gasteiger partial charge in [-0.05, 0) is 5.56 Å². The van der Waals surface area contributed by atoms with Crippen LogP contribution in [0.3, 0.4) is 0 Å². The summed E-state index contributed by atoms with van der Waals surface area (Å²) in [4.78, 5) is 11.5. The van der Waals surface area contributed by atoms with Gasteiger partial charge >= 0.3 is 29.4 Å². The van der Waals surface area contributed by atoms with E-state index in [1.165, 1.54) is 30.3 Å². The Morgan fingerprint density at radius 2 is 1.44 bits per heavy atom. The molecule has 0 aliphatic carbocycles. The lowest BCUT2D eigenvalue weighted by Gasteiger charge is -2.34. The minimum Gasteiger partial charge on any atom is -0.446 e. The molecule has 0 unspecified atom stereocenters. The van der Waals surface area contributed by atoms with Crippen LogP contribution >= 0.6 is 0 Å². The normalized spacial score (nSPS) is 20.6. The van der Waals surface area contributed by atoms with Gasteiger partial charge in [-0.15, -0.1) is 0 Å². The molecule has 1 aliphatic heterocycles. The first kappa shape index (κ1) is 21.3. The molecule has 4 nitrogen and oxygen atoms in total. The van der Waals surface area contributed by atoms with Crippen molar-refractivity contribution in [1.29, 1.82) is 0 Å². The molecule has 0 aromatic heterocycles. The van der Waals surface area contributed by atoms with Gasteiger partial charge < -0.3 is 4.74 Å². The van der Waals surface area contributed by atoms with Gasteiger partial charge in [0, 0.05) is 0 Å². The van der Waals surface area contributed by atoms with Crippen molar-refractivity contribution in [2.24, 2.45) is 0 Å². The molecular formula is C13H8F9NO3S. The number of halogens is 9. The van der Waals surface area contributed by atoms with Crippen molar-refractivity contribution in [1.82, 2.24) is 4.31 Å². The molecule has 0 saturated carbocycles. The number of amides is 1. The number of ether oxygens (including phenoxy) is 1. The SMILES string of the molecule is O=C1OC[C@H](c2ccccc2)N1[S@](=O)C(F)(F)C(F)(F)C(F)(F)C(F)(F)F. The Hall–Kier alpha value is -1.99. The number of rotatable bonds is 5. The van der Waals surface area contributed by atoms with Gasteiger partial charge in [-0.3, -0.25) is 0 Å². The molecule has 152 valence electrons. The zero-order chi connectivity index (χ0) is 20.8. The van der Waals surface area contributed by atoms with Crippen LogP contribution in [0.15, 0.2) is 30.3 Å². The summed E-state index contributed by atoms with van der Waals surface area (Å²) in [5.74, 6) is -14.3. The molecule has 1 aliphatic rings. The molecule has 1 heterocycles. The Labute approximate surface area is 147 Å². The number of hydrogen-bond donors (Lipinski definition) is 0. The highest BCUT2D eigenvalue weighted by molar-refractivity contribution is 7.84. The van der Waals surface area contributed by atoms with Crippen LogP contribution < -0.4 is 0 Å². The van der Waals surface area contributed by atoms with Crippen molar-refractivity contribution in [3.8, 4) is 0 Å². The van der Waals surface area contributed by atoms with Crippen LogP contribution in [0.5, 0.6) is 0 Å². The van der Waals surface area contributed by atoms with Gasteiger partial charge in [0.15, 0.2) is 0 Å². The van der Waals surface area contributed by atoms with Gasteiger partial charge in [0.1, 0.15) is 12.6 Å². The van der Waals surface area contributed by atoms with Crippen molar-refractivity contribution in [3.05, 3.63) is 35.9 Å². The summed E-state index contributed by atoms with van der Waals surface area (Å²) in [6.07, 6.45) is -8.90. The maximum absolute atomic E-state index is 13.9. The Kier molecular flexibility index (Phi) is 5.18. The maximum atomic E-state index is 13.9. The molecule has 0 bridgehead atoms. The van der Waals surface area contributed by atoms with Crippen LogP contribution in [-0.4, -0.2) is 44.5 Å². The van der Waals surface area contributed by atoms with E-state index in [1.807, 2.05) is 0 Å². The number of hydrogen-bond acceptors (Lipinski definition) is 3. The van der Waals surface area contributed by atoms with Crippen molar-refractivity contribution < 1.29 is 53.3 Å². The van der Waals surface area contributed by atoms with Gasteiger partial charge in [0.2, 0.25) is 11.0 Å². The fourth-order valence-corrected chi connectivity index (χ4v) is 3.29. The number of nitrogens with zero attached hydrogens (tertiary/aromatic N) is 1. The molecule has 1 aromatic rings. The summed E-state index contributed by atoms with van der Waals surface area (Å²) in [7, 11) is -4.62. The first-order chi connectivity index (χ1) is 12.2. The molecule has 1 fully saturated rings. The molecule has 0 N–H and O–H groups in total. The van der Waals surface area contributed by atoms with E-state index in [2.05, 4.69) is 4.74 Å². The van der Waals surface area contributed by atoms with Crippen LogP contribution in [0.1, 0.15) is 11.6 Å². The molecule has 0 radical (unpaired) electrons. The average Bonchev–Trinajstić information content (AvgIpc) is 2.95. The number of carbonyl (C=O) groups is 1. The summed E-state index contributed by atoms with van der Waals surface area (Å²) in [6.45, 7) is -0.758. The molecule has 2 rings (SSSR count). The Balaban J connectivity index is 2.45. The van der Waals surface area contributed by atoms with Crippen molar-refractivity contribution in [2.75, 3.05) is 6.61 Å². The predicted octanol–water partition coefficient (Wildman–Crippen LogP) is 4.27. The fraction of sp³-hybridized carbons (Fsp3) is 0.462. The number of alkyl halides is 9. The zero-order valence-electron chi connectivity index (χ0n) is 12.7. The van der Waals surface area contributed by atoms with E-state index in [1.54, 1.807) is 0 Å². The molecule has 1 saturated heterocycles. The Morgan fingerprint density at radius 3 is 1.93 bits per heavy atom. The third-order valence-corrected chi connectivity index (χ3v) is 4.98. The molecule has 1 amide bonds. The van der Waals surface area contributed by atoms with Crippen LogP contribution in [-0.2, 0) is 15.7 Å². The largest absolute Gasteiger partial charge is 0.460 e. The van der Waals surface area contributed by atoms with E-state index < -0.39 is 57.3 Å². The Bertz CT molecular complexity index is 738. The zero-order valence-corrected chi connectivity index (χ0v) is 13.5. The molecule has 2 atom stereocenters. The molecule has 1 aromatic carbocycles. The highest BCUT2D eigenvalue weighted by atomic mass is 32.2. The highest BCUT2D eigenvalue weighted by Gasteiger charge is 2.84. The van der Waals surface area contributed by atoms with Crippen LogP contribution in [0.2, 0.25) is 0 Å². The smallest absolute Gasteiger partial charge is 0.446 e. The average molecular weight is 429 g/mol. The van der Waals surface area contributed by atoms with Gasteiger partial charge in [-0.2, -0.15) is 39.5 Å². The molecule has 14 heteroatoms. The van der Waals surface area contributed by atoms with Crippen LogP contribution in [0.25, 0.3) is 0 Å². The Morgan fingerprint density at radius 1 is 0.926 bits per heavy atom. The van der Waals surface area contributed by atoms with Gasteiger partial charge in [-0.25, -0.2) is 13.3 Å². The molecule has 0 spiro atoms. The summed E-state index contributed by atoms with van der Waals surface area (Å²) in [5.41, 5.74) is -0.0432. The second kappa shape index (κ2) is 6.56.